The SMILES string of the molecule is CC(C)CNC(=O)[C@@H](C)N(Cc1ccc(Cl)cc1Cl)C(=O)CN(c1ccc(F)cc1)S(=O)(=O)N(C)C. The van der Waals surface area contributed by atoms with Crippen molar-refractivity contribution in [2.45, 2.75) is 33.4 Å². The van der Waals surface area contributed by atoms with Gasteiger partial charge < -0.3 is 10.2 Å². The second-order valence-electron chi connectivity index (χ2n) is 8.85. The van der Waals surface area contributed by atoms with Gasteiger partial charge in [-0.2, -0.15) is 12.7 Å². The van der Waals surface area contributed by atoms with Crippen molar-refractivity contribution in [2.24, 2.45) is 5.92 Å². The lowest BCUT2D eigenvalue weighted by molar-refractivity contribution is -0.139. The van der Waals surface area contributed by atoms with E-state index in [1.165, 1.54) is 37.2 Å². The van der Waals surface area contributed by atoms with Crippen LogP contribution in [0.2, 0.25) is 10.0 Å². The van der Waals surface area contributed by atoms with Crippen LogP contribution in [0.3, 0.4) is 0 Å². The summed E-state index contributed by atoms with van der Waals surface area (Å²) in [6, 6.07) is 8.56. The minimum Gasteiger partial charge on any atom is -0.354 e. The lowest BCUT2D eigenvalue weighted by atomic mass is 10.1. The maximum absolute atomic E-state index is 13.6. The fraction of sp³-hybridized carbons (Fsp3) is 0.417. The summed E-state index contributed by atoms with van der Waals surface area (Å²) in [6.07, 6.45) is 0. The van der Waals surface area contributed by atoms with Gasteiger partial charge in [-0.05, 0) is 54.8 Å². The van der Waals surface area contributed by atoms with E-state index in [4.69, 9.17) is 23.2 Å². The predicted molar refractivity (Wildman–Crippen MR) is 141 cm³/mol. The summed E-state index contributed by atoms with van der Waals surface area (Å²) in [7, 11) is -1.49. The van der Waals surface area contributed by atoms with E-state index in [1.54, 1.807) is 19.1 Å². The molecule has 0 aliphatic rings. The Hall–Kier alpha value is -2.40. The van der Waals surface area contributed by atoms with Crippen molar-refractivity contribution >= 4 is 50.9 Å². The Bertz CT molecular complexity index is 1180. The monoisotopic (exact) mass is 560 g/mol. The normalized spacial score (nSPS) is 12.5. The van der Waals surface area contributed by atoms with Crippen LogP contribution in [-0.4, -0.2) is 62.7 Å². The molecule has 0 aromatic heterocycles. The van der Waals surface area contributed by atoms with Crippen LogP contribution >= 0.6 is 23.2 Å². The molecular formula is C24H31Cl2FN4O4S. The van der Waals surface area contributed by atoms with E-state index in [9.17, 15) is 22.4 Å². The van der Waals surface area contributed by atoms with Gasteiger partial charge in [0.25, 0.3) is 0 Å². The number of hydrogen-bond acceptors (Lipinski definition) is 4. The summed E-state index contributed by atoms with van der Waals surface area (Å²) < 4.78 is 41.5. The average molecular weight is 562 g/mol. The fourth-order valence-electron chi connectivity index (χ4n) is 3.19. The summed E-state index contributed by atoms with van der Waals surface area (Å²) in [6.45, 7) is 5.15. The van der Waals surface area contributed by atoms with Gasteiger partial charge in [-0.15, -0.1) is 0 Å². The zero-order chi connectivity index (χ0) is 27.2. The summed E-state index contributed by atoms with van der Waals surface area (Å²) in [5.74, 6) is -1.41. The minimum atomic E-state index is -4.13. The van der Waals surface area contributed by atoms with Crippen LogP contribution in [0.4, 0.5) is 10.1 Å². The molecule has 12 heteroatoms. The number of benzene rings is 2. The lowest BCUT2D eigenvalue weighted by Crippen LogP contribution is -2.52. The molecule has 2 amide bonds. The first-order valence-electron chi connectivity index (χ1n) is 11.2. The van der Waals surface area contributed by atoms with Crippen molar-refractivity contribution in [3.63, 3.8) is 0 Å². The highest BCUT2D eigenvalue weighted by Gasteiger charge is 2.33. The zero-order valence-electron chi connectivity index (χ0n) is 20.8. The molecule has 0 aliphatic carbocycles. The third kappa shape index (κ3) is 7.80. The minimum absolute atomic E-state index is 0.0651. The molecule has 1 N–H and O–H groups in total. The second kappa shape index (κ2) is 12.7. The lowest BCUT2D eigenvalue weighted by Gasteiger charge is -2.33. The largest absolute Gasteiger partial charge is 0.354 e. The Morgan fingerprint density at radius 2 is 1.64 bits per heavy atom. The van der Waals surface area contributed by atoms with Crippen LogP contribution in [0.25, 0.3) is 0 Å². The molecule has 0 bridgehead atoms. The van der Waals surface area contributed by atoms with E-state index < -0.39 is 40.4 Å². The van der Waals surface area contributed by atoms with Crippen molar-refractivity contribution in [2.75, 3.05) is 31.5 Å². The number of halogens is 3. The van der Waals surface area contributed by atoms with Crippen LogP contribution in [0, 0.1) is 11.7 Å². The highest BCUT2D eigenvalue weighted by molar-refractivity contribution is 7.90. The number of carbonyl (C=O) groups excluding carboxylic acids is 2. The van der Waals surface area contributed by atoms with Crippen LogP contribution in [0.15, 0.2) is 42.5 Å². The van der Waals surface area contributed by atoms with Gasteiger partial charge in [-0.25, -0.2) is 8.70 Å². The molecule has 0 saturated heterocycles. The first-order valence-corrected chi connectivity index (χ1v) is 13.4. The van der Waals surface area contributed by atoms with Crippen LogP contribution in [-0.2, 0) is 26.3 Å². The fourth-order valence-corrected chi connectivity index (χ4v) is 4.72. The van der Waals surface area contributed by atoms with Gasteiger partial charge in [-0.1, -0.05) is 43.1 Å². The standard InChI is InChI=1S/C24H31Cl2FN4O4S/c1-16(2)13-28-24(33)17(3)30(14-18-6-7-19(25)12-22(18)26)23(32)15-31(36(34,35)29(4)5)21-10-8-20(27)9-11-21/h6-12,16-17H,13-15H2,1-5H3,(H,28,33)/t17-/m1/s1. The average Bonchev–Trinajstić information content (AvgIpc) is 2.80. The Balaban J connectivity index is 2.46. The smallest absolute Gasteiger partial charge is 0.304 e. The van der Waals surface area contributed by atoms with Crippen molar-refractivity contribution in [3.8, 4) is 0 Å². The quantitative estimate of drug-likeness (QED) is 0.450. The summed E-state index contributed by atoms with van der Waals surface area (Å²) in [4.78, 5) is 27.7. The van der Waals surface area contributed by atoms with E-state index >= 15 is 0 Å². The van der Waals surface area contributed by atoms with Gasteiger partial charge in [0.1, 0.15) is 18.4 Å². The number of carbonyl (C=O) groups is 2. The molecule has 2 aromatic carbocycles. The molecule has 1 atom stereocenters. The Labute approximate surface area is 222 Å². The van der Waals surface area contributed by atoms with E-state index in [0.29, 0.717) is 22.2 Å². The van der Waals surface area contributed by atoms with Crippen molar-refractivity contribution in [1.82, 2.24) is 14.5 Å². The third-order valence-corrected chi connectivity index (χ3v) is 7.75. The Kier molecular flexibility index (Phi) is 10.5. The number of nitrogens with one attached hydrogen (secondary N) is 1. The summed E-state index contributed by atoms with van der Waals surface area (Å²) in [5.41, 5.74) is 0.626. The van der Waals surface area contributed by atoms with E-state index in [2.05, 4.69) is 5.32 Å². The van der Waals surface area contributed by atoms with Crippen LogP contribution in [0.5, 0.6) is 0 Å². The maximum atomic E-state index is 13.6. The molecule has 0 radical (unpaired) electrons. The molecule has 0 saturated carbocycles. The molecule has 0 heterocycles. The van der Waals surface area contributed by atoms with Crippen molar-refractivity contribution < 1.29 is 22.4 Å². The topological polar surface area (TPSA) is 90.0 Å². The van der Waals surface area contributed by atoms with Gasteiger partial charge in [-0.3, -0.25) is 9.59 Å². The van der Waals surface area contributed by atoms with Gasteiger partial charge in [0.05, 0.1) is 5.69 Å². The molecule has 198 valence electrons. The number of nitrogens with zero attached hydrogens (tertiary/aromatic N) is 3. The van der Waals surface area contributed by atoms with Crippen molar-refractivity contribution in [1.29, 1.82) is 0 Å². The van der Waals surface area contributed by atoms with Gasteiger partial charge in [0.15, 0.2) is 0 Å². The third-order valence-electron chi connectivity index (χ3n) is 5.34. The molecule has 0 fully saturated rings. The summed E-state index contributed by atoms with van der Waals surface area (Å²) >= 11 is 12.3. The number of hydrogen-bond donors (Lipinski definition) is 1. The number of rotatable bonds is 11. The summed E-state index contributed by atoms with van der Waals surface area (Å²) in [5, 5.41) is 3.50. The molecule has 0 spiro atoms. The highest BCUT2D eigenvalue weighted by Crippen LogP contribution is 2.25. The first kappa shape index (κ1) is 29.8. The number of amides is 2. The zero-order valence-corrected chi connectivity index (χ0v) is 23.2. The van der Waals surface area contributed by atoms with Crippen molar-refractivity contribution in [3.05, 3.63) is 63.9 Å². The highest BCUT2D eigenvalue weighted by atomic mass is 35.5. The van der Waals surface area contributed by atoms with Gasteiger partial charge >= 0.3 is 10.2 Å². The molecule has 2 aromatic rings. The van der Waals surface area contributed by atoms with E-state index in [1.807, 2.05) is 13.8 Å². The molecule has 0 aliphatic heterocycles. The molecule has 0 unspecified atom stereocenters. The number of anilines is 1. The second-order valence-corrected chi connectivity index (χ2v) is 11.8. The van der Waals surface area contributed by atoms with Crippen LogP contribution in [0.1, 0.15) is 26.3 Å². The predicted octanol–water partition coefficient (Wildman–Crippen LogP) is 3.93. The van der Waals surface area contributed by atoms with Gasteiger partial charge in [0, 0.05) is 37.2 Å². The molecule has 36 heavy (non-hydrogen) atoms. The molecule has 8 nitrogen and oxygen atoms in total. The van der Waals surface area contributed by atoms with E-state index in [-0.39, 0.29) is 18.2 Å². The Morgan fingerprint density at radius 3 is 2.17 bits per heavy atom. The maximum Gasteiger partial charge on any atom is 0.304 e. The van der Waals surface area contributed by atoms with Crippen LogP contribution < -0.4 is 9.62 Å². The molecule has 2 rings (SSSR count). The van der Waals surface area contributed by atoms with Gasteiger partial charge in [0.2, 0.25) is 11.8 Å². The molecular weight excluding hydrogens is 530 g/mol. The Morgan fingerprint density at radius 1 is 1.03 bits per heavy atom. The van der Waals surface area contributed by atoms with E-state index in [0.717, 1.165) is 20.7 Å². The first-order chi connectivity index (χ1) is 16.7.